The first-order chi connectivity index (χ1) is 7.86. The SMILES string of the molecule is Cc1ccc(C)c(S(=O)(=O)NC/C(N)=N/O)c1. The number of oxime groups is 1. The monoisotopic (exact) mass is 257 g/mol. The average molecular weight is 257 g/mol. The summed E-state index contributed by atoms with van der Waals surface area (Å²) in [6.07, 6.45) is 0. The molecule has 1 aromatic rings. The van der Waals surface area contributed by atoms with E-state index in [9.17, 15) is 8.42 Å². The number of nitrogens with one attached hydrogen (secondary N) is 1. The molecule has 7 heteroatoms. The van der Waals surface area contributed by atoms with Gasteiger partial charge >= 0.3 is 0 Å². The average Bonchev–Trinajstić information content (AvgIpc) is 2.29. The van der Waals surface area contributed by atoms with Crippen molar-refractivity contribution in [3.8, 4) is 0 Å². The van der Waals surface area contributed by atoms with Gasteiger partial charge in [-0.2, -0.15) is 0 Å². The highest BCUT2D eigenvalue weighted by Gasteiger charge is 2.16. The largest absolute Gasteiger partial charge is 0.409 e. The van der Waals surface area contributed by atoms with Crippen LogP contribution in [0.3, 0.4) is 0 Å². The van der Waals surface area contributed by atoms with Gasteiger partial charge < -0.3 is 10.9 Å². The normalized spacial score (nSPS) is 12.7. The quantitative estimate of drug-likeness (QED) is 0.313. The molecule has 6 nitrogen and oxygen atoms in total. The summed E-state index contributed by atoms with van der Waals surface area (Å²) in [7, 11) is -3.64. The molecule has 0 saturated heterocycles. The van der Waals surface area contributed by atoms with E-state index in [1.807, 2.05) is 13.0 Å². The zero-order valence-electron chi connectivity index (χ0n) is 9.64. The fourth-order valence-electron chi connectivity index (χ4n) is 1.28. The van der Waals surface area contributed by atoms with E-state index in [0.29, 0.717) is 5.56 Å². The Morgan fingerprint density at radius 2 is 2.12 bits per heavy atom. The summed E-state index contributed by atoms with van der Waals surface area (Å²) in [5, 5.41) is 11.0. The van der Waals surface area contributed by atoms with Crippen LogP contribution >= 0.6 is 0 Å². The van der Waals surface area contributed by atoms with Crippen molar-refractivity contribution in [1.29, 1.82) is 0 Å². The summed E-state index contributed by atoms with van der Waals surface area (Å²) in [5.74, 6) is -0.195. The number of nitrogens with two attached hydrogens (primary N) is 1. The number of hydrogen-bond acceptors (Lipinski definition) is 4. The van der Waals surface area contributed by atoms with Crippen molar-refractivity contribution < 1.29 is 13.6 Å². The van der Waals surface area contributed by atoms with Gasteiger partial charge in [-0.1, -0.05) is 17.3 Å². The van der Waals surface area contributed by atoms with Crippen molar-refractivity contribution >= 4 is 15.9 Å². The van der Waals surface area contributed by atoms with Crippen molar-refractivity contribution in [2.24, 2.45) is 10.9 Å². The first kappa shape index (κ1) is 13.5. The Bertz CT molecular complexity index is 538. The highest BCUT2D eigenvalue weighted by Crippen LogP contribution is 2.16. The lowest BCUT2D eigenvalue weighted by Gasteiger charge is -2.09. The summed E-state index contributed by atoms with van der Waals surface area (Å²) in [5.41, 5.74) is 6.69. The van der Waals surface area contributed by atoms with Gasteiger partial charge in [-0.15, -0.1) is 0 Å². The fraction of sp³-hybridized carbons (Fsp3) is 0.300. The molecule has 94 valence electrons. The lowest BCUT2D eigenvalue weighted by atomic mass is 10.2. The fourth-order valence-corrected chi connectivity index (χ4v) is 2.61. The van der Waals surface area contributed by atoms with E-state index >= 15 is 0 Å². The molecule has 1 rings (SSSR count). The van der Waals surface area contributed by atoms with E-state index in [-0.39, 0.29) is 17.3 Å². The standard InChI is InChI=1S/C10H15N3O3S/c1-7-3-4-8(2)9(5-7)17(15,16)12-6-10(11)13-14/h3-5,12,14H,6H2,1-2H3,(H2,11,13). The second-order valence-electron chi connectivity index (χ2n) is 3.68. The molecule has 0 heterocycles. The highest BCUT2D eigenvalue weighted by molar-refractivity contribution is 7.89. The molecule has 0 atom stereocenters. The second-order valence-corrected chi connectivity index (χ2v) is 5.42. The van der Waals surface area contributed by atoms with Crippen LogP contribution in [-0.4, -0.2) is 26.0 Å². The minimum atomic E-state index is -3.64. The molecule has 0 aliphatic rings. The van der Waals surface area contributed by atoms with Gasteiger partial charge in [0.15, 0.2) is 5.84 Å². The minimum Gasteiger partial charge on any atom is -0.409 e. The van der Waals surface area contributed by atoms with Crippen molar-refractivity contribution in [1.82, 2.24) is 4.72 Å². The summed E-state index contributed by atoms with van der Waals surface area (Å²) >= 11 is 0. The van der Waals surface area contributed by atoms with E-state index in [1.54, 1.807) is 19.1 Å². The van der Waals surface area contributed by atoms with Gasteiger partial charge in [0, 0.05) is 0 Å². The number of rotatable bonds is 4. The van der Waals surface area contributed by atoms with Gasteiger partial charge in [0.1, 0.15) is 0 Å². The summed E-state index contributed by atoms with van der Waals surface area (Å²) in [4.78, 5) is 0.197. The van der Waals surface area contributed by atoms with E-state index in [2.05, 4.69) is 9.88 Å². The van der Waals surface area contributed by atoms with Gasteiger partial charge in [0.05, 0.1) is 11.4 Å². The van der Waals surface area contributed by atoms with Gasteiger partial charge in [-0.25, -0.2) is 13.1 Å². The molecule has 0 aliphatic carbocycles. The lowest BCUT2D eigenvalue weighted by Crippen LogP contribution is -2.33. The van der Waals surface area contributed by atoms with Crippen LogP contribution in [0.25, 0.3) is 0 Å². The van der Waals surface area contributed by atoms with Crippen LogP contribution in [0, 0.1) is 13.8 Å². The van der Waals surface area contributed by atoms with Crippen LogP contribution in [0.1, 0.15) is 11.1 Å². The number of benzene rings is 1. The van der Waals surface area contributed by atoms with E-state index in [0.717, 1.165) is 5.56 Å². The maximum atomic E-state index is 11.9. The molecule has 0 saturated carbocycles. The lowest BCUT2D eigenvalue weighted by molar-refractivity contribution is 0.317. The van der Waals surface area contributed by atoms with Crippen LogP contribution < -0.4 is 10.5 Å². The summed E-state index contributed by atoms with van der Waals surface area (Å²) < 4.78 is 26.1. The number of hydrogen-bond donors (Lipinski definition) is 3. The third-order valence-electron chi connectivity index (χ3n) is 2.20. The molecule has 0 amide bonds. The van der Waals surface area contributed by atoms with Crippen LogP contribution in [0.15, 0.2) is 28.3 Å². The predicted octanol–water partition coefficient (Wildman–Crippen LogP) is 0.328. The van der Waals surface area contributed by atoms with Crippen LogP contribution in [0.2, 0.25) is 0 Å². The molecule has 0 bridgehead atoms. The highest BCUT2D eigenvalue weighted by atomic mass is 32.2. The summed E-state index contributed by atoms with van der Waals surface area (Å²) in [6, 6.07) is 5.13. The van der Waals surface area contributed by atoms with E-state index in [1.165, 1.54) is 0 Å². The molecule has 1 aromatic carbocycles. The topological polar surface area (TPSA) is 105 Å². The molecule has 0 radical (unpaired) electrons. The van der Waals surface area contributed by atoms with Crippen LogP contribution in [0.5, 0.6) is 0 Å². The second kappa shape index (κ2) is 5.15. The molecular weight excluding hydrogens is 242 g/mol. The number of aryl methyl sites for hydroxylation is 2. The minimum absolute atomic E-state index is 0.195. The number of nitrogens with zero attached hydrogens (tertiary/aromatic N) is 1. The summed E-state index contributed by atoms with van der Waals surface area (Å²) in [6.45, 7) is 3.28. The van der Waals surface area contributed by atoms with Crippen LogP contribution in [-0.2, 0) is 10.0 Å². The third-order valence-corrected chi connectivity index (χ3v) is 3.75. The van der Waals surface area contributed by atoms with E-state index < -0.39 is 10.0 Å². The van der Waals surface area contributed by atoms with Crippen molar-refractivity contribution in [2.75, 3.05) is 6.54 Å². The van der Waals surface area contributed by atoms with Crippen molar-refractivity contribution in [3.05, 3.63) is 29.3 Å². The number of amidine groups is 1. The number of sulfonamides is 1. The Morgan fingerprint density at radius 1 is 1.47 bits per heavy atom. The van der Waals surface area contributed by atoms with Gasteiger partial charge in [-0.05, 0) is 31.0 Å². The molecule has 0 aromatic heterocycles. The zero-order valence-corrected chi connectivity index (χ0v) is 10.5. The van der Waals surface area contributed by atoms with E-state index in [4.69, 9.17) is 10.9 Å². The van der Waals surface area contributed by atoms with Gasteiger partial charge in [-0.3, -0.25) is 0 Å². The molecule has 0 aliphatic heterocycles. The van der Waals surface area contributed by atoms with Gasteiger partial charge in [0.25, 0.3) is 0 Å². The zero-order chi connectivity index (χ0) is 13.1. The van der Waals surface area contributed by atoms with Gasteiger partial charge in [0.2, 0.25) is 10.0 Å². The Hall–Kier alpha value is -1.60. The molecular formula is C10H15N3O3S. The van der Waals surface area contributed by atoms with Crippen molar-refractivity contribution in [2.45, 2.75) is 18.7 Å². The maximum absolute atomic E-state index is 11.9. The Morgan fingerprint density at radius 3 is 2.71 bits per heavy atom. The molecule has 4 N–H and O–H groups in total. The molecule has 0 spiro atoms. The smallest absolute Gasteiger partial charge is 0.241 e. The third kappa shape index (κ3) is 3.43. The Labute approximate surface area is 100 Å². The first-order valence-electron chi connectivity index (χ1n) is 4.90. The maximum Gasteiger partial charge on any atom is 0.241 e. The van der Waals surface area contributed by atoms with Crippen LogP contribution in [0.4, 0.5) is 0 Å². The predicted molar refractivity (Wildman–Crippen MR) is 64.5 cm³/mol. The Kier molecular flexibility index (Phi) is 4.08. The Balaban J connectivity index is 3.01. The molecule has 0 unspecified atom stereocenters. The first-order valence-corrected chi connectivity index (χ1v) is 6.38. The molecule has 17 heavy (non-hydrogen) atoms. The van der Waals surface area contributed by atoms with Crippen molar-refractivity contribution in [3.63, 3.8) is 0 Å². The molecule has 0 fully saturated rings.